The van der Waals surface area contributed by atoms with Gasteiger partial charge in [0.15, 0.2) is 16.3 Å². The van der Waals surface area contributed by atoms with Crippen molar-refractivity contribution in [3.63, 3.8) is 0 Å². The standard InChI is InChI=1S/C29H24N2O6S/c1-4-35-28(33)24-16(2)30-29-31(26(24)25-19-8-6-5-7-18(19)10-12-21(25)34-3)27(32)23(38-29)14-17-9-11-20-22(13-17)37-15-36-20/h5-14,26H,4,15H2,1-3H3/b23-14+/t26-/m0/s1. The van der Waals surface area contributed by atoms with E-state index in [-0.39, 0.29) is 19.0 Å². The van der Waals surface area contributed by atoms with Crippen molar-refractivity contribution < 1.29 is 23.7 Å². The smallest absolute Gasteiger partial charge is 0.338 e. The van der Waals surface area contributed by atoms with E-state index in [0.717, 1.165) is 16.3 Å². The monoisotopic (exact) mass is 528 g/mol. The summed E-state index contributed by atoms with van der Waals surface area (Å²) < 4.78 is 24.2. The van der Waals surface area contributed by atoms with Crippen LogP contribution in [0.2, 0.25) is 0 Å². The number of methoxy groups -OCH3 is 1. The number of aromatic nitrogens is 1. The molecule has 2 aliphatic rings. The predicted octanol–water partition coefficient (Wildman–Crippen LogP) is 3.69. The Bertz CT molecular complexity index is 1820. The van der Waals surface area contributed by atoms with E-state index in [9.17, 15) is 9.59 Å². The molecule has 0 fully saturated rings. The number of nitrogens with zero attached hydrogens (tertiary/aromatic N) is 2. The molecule has 0 radical (unpaired) electrons. The molecule has 0 spiro atoms. The molecule has 0 aliphatic carbocycles. The molecule has 4 aromatic rings. The van der Waals surface area contributed by atoms with Gasteiger partial charge in [0.1, 0.15) is 11.8 Å². The Morgan fingerprint density at radius 2 is 1.97 bits per heavy atom. The molecule has 2 aliphatic heterocycles. The lowest BCUT2D eigenvalue weighted by Crippen LogP contribution is -2.40. The predicted molar refractivity (Wildman–Crippen MR) is 143 cm³/mol. The largest absolute Gasteiger partial charge is 0.496 e. The van der Waals surface area contributed by atoms with E-state index < -0.39 is 12.0 Å². The Balaban J connectivity index is 1.63. The molecule has 0 N–H and O–H groups in total. The van der Waals surface area contributed by atoms with E-state index in [1.165, 1.54) is 11.3 Å². The second kappa shape index (κ2) is 9.50. The minimum atomic E-state index is -0.787. The van der Waals surface area contributed by atoms with Crippen molar-refractivity contribution in [3.8, 4) is 17.2 Å². The van der Waals surface area contributed by atoms with Crippen LogP contribution in [0.3, 0.4) is 0 Å². The number of carbonyl (C=O) groups is 1. The van der Waals surface area contributed by atoms with Gasteiger partial charge in [0, 0.05) is 5.56 Å². The first-order valence-corrected chi connectivity index (χ1v) is 13.0. The quantitative estimate of drug-likeness (QED) is 0.367. The van der Waals surface area contributed by atoms with Crippen LogP contribution in [-0.2, 0) is 9.53 Å². The molecule has 0 unspecified atom stereocenters. The molecular weight excluding hydrogens is 504 g/mol. The van der Waals surface area contributed by atoms with E-state index >= 15 is 0 Å². The van der Waals surface area contributed by atoms with Crippen LogP contribution in [0.1, 0.15) is 31.0 Å². The summed E-state index contributed by atoms with van der Waals surface area (Å²) in [4.78, 5) is 32.5. The molecule has 0 amide bonds. The molecule has 192 valence electrons. The van der Waals surface area contributed by atoms with Gasteiger partial charge >= 0.3 is 5.97 Å². The summed E-state index contributed by atoms with van der Waals surface area (Å²) in [6.45, 7) is 3.89. The highest BCUT2D eigenvalue weighted by molar-refractivity contribution is 7.07. The fourth-order valence-electron chi connectivity index (χ4n) is 4.95. The minimum Gasteiger partial charge on any atom is -0.496 e. The van der Waals surface area contributed by atoms with Crippen LogP contribution in [0.15, 0.2) is 75.7 Å². The first-order chi connectivity index (χ1) is 18.5. The number of rotatable bonds is 5. The van der Waals surface area contributed by atoms with Gasteiger partial charge in [-0.1, -0.05) is 47.7 Å². The van der Waals surface area contributed by atoms with E-state index in [1.54, 1.807) is 31.6 Å². The number of hydrogen-bond acceptors (Lipinski definition) is 8. The lowest BCUT2D eigenvalue weighted by atomic mass is 9.90. The molecule has 0 saturated heterocycles. The van der Waals surface area contributed by atoms with E-state index in [0.29, 0.717) is 43.4 Å². The number of hydrogen-bond donors (Lipinski definition) is 0. The molecule has 38 heavy (non-hydrogen) atoms. The first kappa shape index (κ1) is 24.0. The zero-order chi connectivity index (χ0) is 26.4. The van der Waals surface area contributed by atoms with Gasteiger partial charge in [-0.05, 0) is 54.5 Å². The van der Waals surface area contributed by atoms with Crippen molar-refractivity contribution in [2.75, 3.05) is 20.5 Å². The topological polar surface area (TPSA) is 88.4 Å². The highest BCUT2D eigenvalue weighted by Crippen LogP contribution is 2.40. The van der Waals surface area contributed by atoms with Crippen molar-refractivity contribution in [1.82, 2.24) is 4.57 Å². The summed E-state index contributed by atoms with van der Waals surface area (Å²) in [5.74, 6) is 1.35. The van der Waals surface area contributed by atoms with E-state index in [1.807, 2.05) is 54.6 Å². The highest BCUT2D eigenvalue weighted by atomic mass is 32.1. The lowest BCUT2D eigenvalue weighted by Gasteiger charge is -2.27. The Morgan fingerprint density at radius 1 is 1.16 bits per heavy atom. The number of thiazole rings is 1. The molecule has 8 nitrogen and oxygen atoms in total. The molecule has 1 aromatic heterocycles. The van der Waals surface area contributed by atoms with Crippen LogP contribution >= 0.6 is 11.3 Å². The average Bonchev–Trinajstić information content (AvgIpc) is 3.51. The fraction of sp³-hybridized carbons (Fsp3) is 0.207. The maximum absolute atomic E-state index is 14.0. The van der Waals surface area contributed by atoms with Crippen LogP contribution in [0.5, 0.6) is 17.2 Å². The SMILES string of the molecule is CCOC(=O)C1=C(C)N=c2s/c(=C/c3ccc4c(c3)OCO4)c(=O)n2[C@@H]1c1c(OC)ccc2ccccc12. The van der Waals surface area contributed by atoms with Gasteiger partial charge in [-0.2, -0.15) is 0 Å². The Morgan fingerprint density at radius 3 is 2.79 bits per heavy atom. The van der Waals surface area contributed by atoms with Crippen molar-refractivity contribution >= 4 is 34.2 Å². The molecule has 6 rings (SSSR count). The second-order valence-electron chi connectivity index (χ2n) is 8.82. The van der Waals surface area contributed by atoms with Gasteiger partial charge in [-0.15, -0.1) is 0 Å². The van der Waals surface area contributed by atoms with Crippen molar-refractivity contribution in [2.45, 2.75) is 19.9 Å². The maximum Gasteiger partial charge on any atom is 0.338 e. The second-order valence-corrected chi connectivity index (χ2v) is 9.83. The zero-order valence-electron chi connectivity index (χ0n) is 21.0. The molecular formula is C29H24N2O6S. The van der Waals surface area contributed by atoms with E-state index in [4.69, 9.17) is 18.9 Å². The van der Waals surface area contributed by atoms with Crippen LogP contribution in [-0.4, -0.2) is 31.0 Å². The van der Waals surface area contributed by atoms with Gasteiger partial charge < -0.3 is 18.9 Å². The number of fused-ring (bicyclic) bond motifs is 3. The molecule has 1 atom stereocenters. The summed E-state index contributed by atoms with van der Waals surface area (Å²) in [7, 11) is 1.58. The van der Waals surface area contributed by atoms with Gasteiger partial charge in [-0.25, -0.2) is 9.79 Å². The van der Waals surface area contributed by atoms with Gasteiger partial charge in [0.05, 0.1) is 29.5 Å². The third-order valence-corrected chi connectivity index (χ3v) is 7.62. The van der Waals surface area contributed by atoms with Crippen LogP contribution in [0.25, 0.3) is 16.8 Å². The number of ether oxygens (including phenoxy) is 4. The Hall–Kier alpha value is -4.37. The lowest BCUT2D eigenvalue weighted by molar-refractivity contribution is -0.139. The molecule has 0 bridgehead atoms. The first-order valence-electron chi connectivity index (χ1n) is 12.1. The third-order valence-electron chi connectivity index (χ3n) is 6.64. The highest BCUT2D eigenvalue weighted by Gasteiger charge is 2.36. The van der Waals surface area contributed by atoms with Gasteiger partial charge in [-0.3, -0.25) is 9.36 Å². The Kier molecular flexibility index (Phi) is 6.00. The van der Waals surface area contributed by atoms with Crippen LogP contribution < -0.4 is 29.1 Å². The average molecular weight is 529 g/mol. The van der Waals surface area contributed by atoms with Gasteiger partial charge in [0.25, 0.3) is 5.56 Å². The summed E-state index contributed by atoms with van der Waals surface area (Å²) in [6, 6.07) is 16.4. The van der Waals surface area contributed by atoms with Crippen LogP contribution in [0.4, 0.5) is 0 Å². The summed E-state index contributed by atoms with van der Waals surface area (Å²) >= 11 is 1.27. The van der Waals surface area contributed by atoms with Crippen LogP contribution in [0, 0.1) is 0 Å². The normalized spacial score (nSPS) is 16.4. The summed E-state index contributed by atoms with van der Waals surface area (Å²) in [6.07, 6.45) is 1.80. The minimum absolute atomic E-state index is 0.170. The Labute approximate surface area is 221 Å². The molecule has 3 heterocycles. The summed E-state index contributed by atoms with van der Waals surface area (Å²) in [5, 5.41) is 1.84. The third kappa shape index (κ3) is 3.86. The van der Waals surface area contributed by atoms with Crippen molar-refractivity contribution in [1.29, 1.82) is 0 Å². The molecule has 3 aromatic carbocycles. The maximum atomic E-state index is 14.0. The number of esters is 1. The number of allylic oxidation sites excluding steroid dienone is 1. The molecule has 9 heteroatoms. The zero-order valence-corrected chi connectivity index (χ0v) is 21.8. The van der Waals surface area contributed by atoms with E-state index in [2.05, 4.69) is 4.99 Å². The number of carbonyl (C=O) groups excluding carboxylic acids is 1. The number of benzene rings is 3. The van der Waals surface area contributed by atoms with Gasteiger partial charge in [0.2, 0.25) is 6.79 Å². The summed E-state index contributed by atoms with van der Waals surface area (Å²) in [5.41, 5.74) is 2.04. The molecule has 0 saturated carbocycles. The van der Waals surface area contributed by atoms with Crippen molar-refractivity contribution in [3.05, 3.63) is 96.7 Å². The van der Waals surface area contributed by atoms with Crippen molar-refractivity contribution in [2.24, 2.45) is 4.99 Å². The fourth-order valence-corrected chi connectivity index (χ4v) is 6.00.